The van der Waals surface area contributed by atoms with Crippen molar-refractivity contribution < 1.29 is 28.5 Å². The minimum atomic E-state index is -0.396. The molecule has 2 amide bonds. The number of carbonyl (C=O) groups excluding carboxylic acids is 2. The number of benzene rings is 2. The first-order valence-corrected chi connectivity index (χ1v) is 14.3. The highest BCUT2D eigenvalue weighted by molar-refractivity contribution is 8.00. The minimum absolute atomic E-state index is 0.150. The third-order valence-electron chi connectivity index (χ3n) is 6.77. The van der Waals surface area contributed by atoms with Crippen molar-refractivity contribution in [2.45, 2.75) is 31.4 Å². The number of fused-ring (bicyclic) bond motifs is 1. The van der Waals surface area contributed by atoms with E-state index < -0.39 is 5.41 Å². The summed E-state index contributed by atoms with van der Waals surface area (Å²) in [5.41, 5.74) is 2.85. The van der Waals surface area contributed by atoms with Crippen molar-refractivity contribution in [2.75, 3.05) is 58.8 Å². The van der Waals surface area contributed by atoms with Gasteiger partial charge in [0.05, 0.1) is 50.3 Å². The Balaban J connectivity index is 2.00. The standard InChI is InChI=1S/C30H38N4O6S/c1-30(2,3)28-26-27(22-16-21(39-6)12-13-23(22)40-7)41-18-25(36)33(17-24(35)31-14-15-37-4)29(26)34(32-28)19-8-10-20(38-5)11-9-19/h8-13,16,27H,14-15,17-18H2,1-7H3,(H,31,35)/t27-/m1/s1. The minimum Gasteiger partial charge on any atom is -0.497 e. The van der Waals surface area contributed by atoms with Crippen molar-refractivity contribution >= 4 is 29.4 Å². The molecule has 1 atom stereocenters. The summed E-state index contributed by atoms with van der Waals surface area (Å²) in [6.07, 6.45) is 0. The van der Waals surface area contributed by atoms with E-state index in [0.29, 0.717) is 36.2 Å². The van der Waals surface area contributed by atoms with Gasteiger partial charge in [0.25, 0.3) is 0 Å². The molecule has 0 saturated carbocycles. The molecule has 0 unspecified atom stereocenters. The van der Waals surface area contributed by atoms with Crippen LogP contribution in [0.3, 0.4) is 0 Å². The van der Waals surface area contributed by atoms with Gasteiger partial charge in [-0.3, -0.25) is 14.5 Å². The van der Waals surface area contributed by atoms with Gasteiger partial charge in [-0.05, 0) is 42.5 Å². The second-order valence-electron chi connectivity index (χ2n) is 10.6. The number of anilines is 1. The van der Waals surface area contributed by atoms with E-state index in [0.717, 1.165) is 22.5 Å². The second-order valence-corrected chi connectivity index (χ2v) is 11.7. The molecule has 1 aromatic heterocycles. The molecule has 1 aliphatic heterocycles. The summed E-state index contributed by atoms with van der Waals surface area (Å²) in [6, 6.07) is 13.1. The Morgan fingerprint density at radius 2 is 1.71 bits per heavy atom. The molecule has 0 spiro atoms. The third-order valence-corrected chi connectivity index (χ3v) is 8.00. The number of hydrogen-bond donors (Lipinski definition) is 1. The third kappa shape index (κ3) is 6.46. The molecule has 3 aromatic rings. The molecular weight excluding hydrogens is 544 g/mol. The van der Waals surface area contributed by atoms with Crippen molar-refractivity contribution in [2.24, 2.45) is 0 Å². The second kappa shape index (κ2) is 12.9. The maximum absolute atomic E-state index is 13.8. The Bertz CT molecular complexity index is 1380. The number of carbonyl (C=O) groups is 2. The zero-order valence-corrected chi connectivity index (χ0v) is 25.5. The Morgan fingerprint density at radius 3 is 2.32 bits per heavy atom. The van der Waals surface area contributed by atoms with Gasteiger partial charge in [-0.25, -0.2) is 4.68 Å². The molecule has 41 heavy (non-hydrogen) atoms. The van der Waals surface area contributed by atoms with Crippen molar-refractivity contribution in [3.8, 4) is 22.9 Å². The van der Waals surface area contributed by atoms with Crippen LogP contribution in [-0.4, -0.2) is 75.5 Å². The molecule has 11 heteroatoms. The fourth-order valence-corrected chi connectivity index (χ4v) is 5.97. The van der Waals surface area contributed by atoms with Crippen LogP contribution in [0, 0.1) is 0 Å². The van der Waals surface area contributed by atoms with E-state index in [1.165, 1.54) is 11.8 Å². The monoisotopic (exact) mass is 582 g/mol. The summed E-state index contributed by atoms with van der Waals surface area (Å²) < 4.78 is 23.6. The molecule has 2 heterocycles. The number of amides is 2. The van der Waals surface area contributed by atoms with Crippen molar-refractivity contribution in [1.82, 2.24) is 15.1 Å². The van der Waals surface area contributed by atoms with Crippen LogP contribution < -0.4 is 24.4 Å². The number of nitrogens with one attached hydrogen (secondary N) is 1. The number of methoxy groups -OCH3 is 4. The average Bonchev–Trinajstić information content (AvgIpc) is 3.30. The molecule has 2 aromatic carbocycles. The number of ether oxygens (including phenoxy) is 4. The van der Waals surface area contributed by atoms with Gasteiger partial charge >= 0.3 is 0 Å². The summed E-state index contributed by atoms with van der Waals surface area (Å²) in [5.74, 6) is 2.26. The van der Waals surface area contributed by atoms with Gasteiger partial charge < -0.3 is 24.3 Å². The highest BCUT2D eigenvalue weighted by Crippen LogP contribution is 2.51. The Morgan fingerprint density at radius 1 is 1.02 bits per heavy atom. The molecule has 1 N–H and O–H groups in total. The van der Waals surface area contributed by atoms with Gasteiger partial charge in [-0.15, -0.1) is 11.8 Å². The van der Waals surface area contributed by atoms with Crippen molar-refractivity contribution in [3.05, 3.63) is 59.3 Å². The van der Waals surface area contributed by atoms with Crippen LogP contribution in [0.15, 0.2) is 42.5 Å². The maximum atomic E-state index is 13.8. The predicted octanol–water partition coefficient (Wildman–Crippen LogP) is 4.13. The molecule has 0 bridgehead atoms. The normalized spacial score (nSPS) is 15.2. The highest BCUT2D eigenvalue weighted by Gasteiger charge is 2.40. The van der Waals surface area contributed by atoms with Crippen LogP contribution in [0.2, 0.25) is 0 Å². The van der Waals surface area contributed by atoms with Gasteiger partial charge in [0.2, 0.25) is 11.8 Å². The van der Waals surface area contributed by atoms with E-state index in [9.17, 15) is 9.59 Å². The number of thioether (sulfide) groups is 1. The zero-order valence-electron chi connectivity index (χ0n) is 24.6. The quantitative estimate of drug-likeness (QED) is 0.356. The first-order valence-electron chi connectivity index (χ1n) is 13.3. The molecule has 10 nitrogen and oxygen atoms in total. The fourth-order valence-electron chi connectivity index (χ4n) is 4.76. The van der Waals surface area contributed by atoms with Gasteiger partial charge in [0.15, 0.2) is 0 Å². The fraction of sp³-hybridized carbons (Fsp3) is 0.433. The van der Waals surface area contributed by atoms with Gasteiger partial charge in [0.1, 0.15) is 29.6 Å². The molecular formula is C30H38N4O6S. The first-order chi connectivity index (χ1) is 19.6. The molecule has 0 fully saturated rings. The van der Waals surface area contributed by atoms with Crippen molar-refractivity contribution in [1.29, 1.82) is 0 Å². The van der Waals surface area contributed by atoms with Crippen LogP contribution in [0.25, 0.3) is 5.69 Å². The smallest absolute Gasteiger partial charge is 0.240 e. The molecule has 220 valence electrons. The Hall–Kier alpha value is -3.70. The summed E-state index contributed by atoms with van der Waals surface area (Å²) >= 11 is 1.48. The van der Waals surface area contributed by atoms with E-state index in [1.807, 2.05) is 42.5 Å². The molecule has 0 aliphatic carbocycles. The van der Waals surface area contributed by atoms with E-state index in [-0.39, 0.29) is 29.4 Å². The Kier molecular flexibility index (Phi) is 9.49. The largest absolute Gasteiger partial charge is 0.497 e. The SMILES string of the molecule is COCCNC(=O)CN1C(=O)CS[C@H](c2cc(OC)ccc2OC)c2c(C(C)(C)C)nn(-c3ccc(OC)cc3)c21. The van der Waals surface area contributed by atoms with Crippen LogP contribution in [0.5, 0.6) is 17.2 Å². The van der Waals surface area contributed by atoms with E-state index in [1.54, 1.807) is 38.0 Å². The zero-order chi connectivity index (χ0) is 29.7. The van der Waals surface area contributed by atoms with Crippen LogP contribution in [-0.2, 0) is 19.7 Å². The lowest BCUT2D eigenvalue weighted by atomic mass is 9.87. The number of nitrogens with zero attached hydrogens (tertiary/aromatic N) is 3. The van der Waals surface area contributed by atoms with Crippen LogP contribution in [0.1, 0.15) is 42.8 Å². The van der Waals surface area contributed by atoms with Crippen LogP contribution in [0.4, 0.5) is 5.82 Å². The Labute approximate surface area is 245 Å². The van der Waals surface area contributed by atoms with Gasteiger partial charge in [0, 0.05) is 30.2 Å². The summed E-state index contributed by atoms with van der Waals surface area (Å²) in [5, 5.41) is 7.63. The maximum Gasteiger partial charge on any atom is 0.240 e. The number of aromatic nitrogens is 2. The van der Waals surface area contributed by atoms with Gasteiger partial charge in [-0.2, -0.15) is 5.10 Å². The van der Waals surface area contributed by atoms with E-state index in [4.69, 9.17) is 24.0 Å². The van der Waals surface area contributed by atoms with Gasteiger partial charge in [-0.1, -0.05) is 20.8 Å². The molecule has 0 radical (unpaired) electrons. The van der Waals surface area contributed by atoms with E-state index >= 15 is 0 Å². The van der Waals surface area contributed by atoms with E-state index in [2.05, 4.69) is 26.1 Å². The topological polar surface area (TPSA) is 104 Å². The lowest BCUT2D eigenvalue weighted by Crippen LogP contribution is -2.43. The average molecular weight is 583 g/mol. The predicted molar refractivity (Wildman–Crippen MR) is 160 cm³/mol. The lowest BCUT2D eigenvalue weighted by Gasteiger charge is -2.25. The van der Waals surface area contributed by atoms with Crippen molar-refractivity contribution in [3.63, 3.8) is 0 Å². The first kappa shape index (κ1) is 30.3. The molecule has 4 rings (SSSR count). The summed E-state index contributed by atoms with van der Waals surface area (Å²) in [4.78, 5) is 28.4. The van der Waals surface area contributed by atoms with Crippen LogP contribution >= 0.6 is 11.8 Å². The summed E-state index contributed by atoms with van der Waals surface area (Å²) in [6.45, 7) is 6.82. The molecule has 0 saturated heterocycles. The lowest BCUT2D eigenvalue weighted by molar-refractivity contribution is -0.123. The number of hydrogen-bond acceptors (Lipinski definition) is 8. The summed E-state index contributed by atoms with van der Waals surface area (Å²) in [7, 11) is 6.43. The molecule has 1 aliphatic rings. The number of rotatable bonds is 10. The highest BCUT2D eigenvalue weighted by atomic mass is 32.2.